The zero-order valence-corrected chi connectivity index (χ0v) is 9.61. The quantitative estimate of drug-likeness (QED) is 0.740. The molecule has 0 fully saturated rings. The zero-order valence-electron chi connectivity index (χ0n) is 8.79. The fourth-order valence-corrected chi connectivity index (χ4v) is 1.34. The number of nitrogens with one attached hydrogen (secondary N) is 1. The lowest BCUT2D eigenvalue weighted by molar-refractivity contribution is 0.634. The largest absolute Gasteiger partial charge is 0.412 e. The van der Waals surface area contributed by atoms with Crippen LogP contribution in [0.15, 0.2) is 29.2 Å². The van der Waals surface area contributed by atoms with Crippen molar-refractivity contribution in [1.82, 2.24) is 0 Å². The predicted octanol–water partition coefficient (Wildman–Crippen LogP) is 2.04. The van der Waals surface area contributed by atoms with E-state index in [1.807, 2.05) is 24.3 Å². The van der Waals surface area contributed by atoms with E-state index in [1.165, 1.54) is 11.9 Å². The van der Waals surface area contributed by atoms with E-state index in [0.29, 0.717) is 0 Å². The first-order valence-corrected chi connectivity index (χ1v) is 5.14. The smallest absolute Gasteiger partial charge is 0.0344 e. The Kier molecular flexibility index (Phi) is 4.97. The van der Waals surface area contributed by atoms with Gasteiger partial charge in [0.1, 0.15) is 0 Å². The number of hydrogen-bond acceptors (Lipinski definition) is 3. The highest BCUT2D eigenvalue weighted by Gasteiger charge is 2.08. The van der Waals surface area contributed by atoms with Crippen molar-refractivity contribution in [2.45, 2.75) is 31.2 Å². The van der Waals surface area contributed by atoms with Gasteiger partial charge in [-0.25, -0.2) is 0 Å². The first-order valence-electron chi connectivity index (χ1n) is 4.26. The molecule has 14 heavy (non-hydrogen) atoms. The Labute approximate surface area is 89.5 Å². The third kappa shape index (κ3) is 4.50. The summed E-state index contributed by atoms with van der Waals surface area (Å²) in [5.41, 5.74) is 1.24. The van der Waals surface area contributed by atoms with E-state index >= 15 is 0 Å². The normalized spacial score (nSPS) is 10.6. The van der Waals surface area contributed by atoms with Crippen molar-refractivity contribution < 1.29 is 5.48 Å². The van der Waals surface area contributed by atoms with Crippen molar-refractivity contribution in [3.63, 3.8) is 0 Å². The van der Waals surface area contributed by atoms with Gasteiger partial charge in [0.05, 0.1) is 0 Å². The second-order valence-electron chi connectivity index (χ2n) is 4.02. The molecule has 0 spiro atoms. The van der Waals surface area contributed by atoms with Gasteiger partial charge in [-0.15, -0.1) is 0 Å². The summed E-state index contributed by atoms with van der Waals surface area (Å²) in [6, 6.07) is 8.11. The van der Waals surface area contributed by atoms with E-state index in [0.717, 1.165) is 10.6 Å². The van der Waals surface area contributed by atoms with Gasteiger partial charge in [-0.05, 0) is 57.0 Å². The van der Waals surface area contributed by atoms with Gasteiger partial charge < -0.3 is 10.8 Å². The molecule has 0 saturated heterocycles. The Bertz CT molecular complexity index is 266. The van der Waals surface area contributed by atoms with Crippen LogP contribution in [-0.2, 0) is 0 Å². The SMILES string of the molecule is CC(C)(C)Nc1ccc(SN)cc1.O. The van der Waals surface area contributed by atoms with Crippen molar-refractivity contribution in [3.8, 4) is 0 Å². The fourth-order valence-electron chi connectivity index (χ4n) is 1.05. The van der Waals surface area contributed by atoms with Crippen molar-refractivity contribution >= 4 is 17.6 Å². The summed E-state index contributed by atoms with van der Waals surface area (Å²) >= 11 is 1.27. The number of hydrogen-bond donors (Lipinski definition) is 2. The third-order valence-corrected chi connectivity index (χ3v) is 2.05. The van der Waals surface area contributed by atoms with E-state index in [1.54, 1.807) is 0 Å². The van der Waals surface area contributed by atoms with E-state index in [9.17, 15) is 0 Å². The average Bonchev–Trinajstić information content (AvgIpc) is 2.03. The molecule has 0 amide bonds. The second-order valence-corrected chi connectivity index (χ2v) is 4.72. The van der Waals surface area contributed by atoms with Gasteiger partial charge >= 0.3 is 0 Å². The maximum Gasteiger partial charge on any atom is 0.0344 e. The summed E-state index contributed by atoms with van der Waals surface area (Å²) in [5.74, 6) is 0. The highest BCUT2D eigenvalue weighted by Crippen LogP contribution is 2.18. The summed E-state index contributed by atoms with van der Waals surface area (Å²) < 4.78 is 0. The van der Waals surface area contributed by atoms with Crippen molar-refractivity contribution in [2.75, 3.05) is 5.32 Å². The van der Waals surface area contributed by atoms with Gasteiger partial charge in [-0.2, -0.15) is 0 Å². The lowest BCUT2D eigenvalue weighted by Crippen LogP contribution is -2.25. The lowest BCUT2D eigenvalue weighted by atomic mass is 10.1. The third-order valence-electron chi connectivity index (χ3n) is 1.51. The molecule has 80 valence electrons. The standard InChI is InChI=1S/C10H16N2S.H2O/c1-10(2,3)12-8-4-6-9(13-11)7-5-8;/h4-7,12H,11H2,1-3H3;1H2. The second kappa shape index (κ2) is 5.24. The molecule has 0 aliphatic heterocycles. The van der Waals surface area contributed by atoms with Crippen LogP contribution in [0.5, 0.6) is 0 Å². The molecule has 1 aromatic rings. The van der Waals surface area contributed by atoms with Crippen LogP contribution >= 0.6 is 11.9 Å². The summed E-state index contributed by atoms with van der Waals surface area (Å²) in [4.78, 5) is 1.08. The molecule has 1 rings (SSSR count). The zero-order chi connectivity index (χ0) is 9.90. The highest BCUT2D eigenvalue weighted by molar-refractivity contribution is 7.97. The molecule has 0 bridgehead atoms. The Morgan fingerprint density at radius 1 is 1.14 bits per heavy atom. The molecule has 0 saturated carbocycles. The molecule has 4 heteroatoms. The van der Waals surface area contributed by atoms with Crippen molar-refractivity contribution in [1.29, 1.82) is 0 Å². The van der Waals surface area contributed by atoms with Gasteiger partial charge in [0, 0.05) is 16.1 Å². The number of nitrogens with two attached hydrogens (primary N) is 1. The average molecular weight is 214 g/mol. The molecule has 1 aromatic carbocycles. The summed E-state index contributed by atoms with van der Waals surface area (Å²) in [6.07, 6.45) is 0. The van der Waals surface area contributed by atoms with E-state index in [-0.39, 0.29) is 11.0 Å². The van der Waals surface area contributed by atoms with Gasteiger partial charge in [0.15, 0.2) is 0 Å². The van der Waals surface area contributed by atoms with Crippen LogP contribution in [0.25, 0.3) is 0 Å². The minimum Gasteiger partial charge on any atom is -0.412 e. The van der Waals surface area contributed by atoms with Gasteiger partial charge in [-0.1, -0.05) is 0 Å². The molecule has 5 N–H and O–H groups in total. The Morgan fingerprint density at radius 3 is 2.00 bits per heavy atom. The van der Waals surface area contributed by atoms with Gasteiger partial charge in [0.2, 0.25) is 0 Å². The Balaban J connectivity index is 0.00000169. The van der Waals surface area contributed by atoms with Crippen molar-refractivity contribution in [2.24, 2.45) is 5.14 Å². The Hall–Kier alpha value is -0.710. The molecule has 0 unspecified atom stereocenters. The summed E-state index contributed by atoms with van der Waals surface area (Å²) in [5, 5.41) is 8.81. The minimum absolute atomic E-state index is 0. The Morgan fingerprint density at radius 2 is 1.64 bits per heavy atom. The molecule has 0 aliphatic rings. The van der Waals surface area contributed by atoms with Crippen molar-refractivity contribution in [3.05, 3.63) is 24.3 Å². The minimum atomic E-state index is 0. The first-order chi connectivity index (χ1) is 6.01. The van der Waals surface area contributed by atoms with Crippen LogP contribution in [0, 0.1) is 0 Å². The predicted molar refractivity (Wildman–Crippen MR) is 63.5 cm³/mol. The molecule has 0 aromatic heterocycles. The number of benzene rings is 1. The van der Waals surface area contributed by atoms with Crippen LogP contribution in [0.2, 0.25) is 0 Å². The maximum absolute atomic E-state index is 5.42. The van der Waals surface area contributed by atoms with Gasteiger partial charge in [0.25, 0.3) is 0 Å². The van der Waals surface area contributed by atoms with Crippen LogP contribution < -0.4 is 10.5 Å². The lowest BCUT2D eigenvalue weighted by Gasteiger charge is -2.22. The number of rotatable bonds is 2. The monoisotopic (exact) mass is 214 g/mol. The topological polar surface area (TPSA) is 69.5 Å². The molecule has 0 atom stereocenters. The molecule has 3 nitrogen and oxygen atoms in total. The van der Waals surface area contributed by atoms with E-state index in [2.05, 4.69) is 26.1 Å². The van der Waals surface area contributed by atoms with Crippen LogP contribution in [0.4, 0.5) is 5.69 Å². The summed E-state index contributed by atoms with van der Waals surface area (Å²) in [6.45, 7) is 6.41. The van der Waals surface area contributed by atoms with E-state index in [4.69, 9.17) is 5.14 Å². The highest BCUT2D eigenvalue weighted by atomic mass is 32.2. The number of anilines is 1. The molecule has 0 radical (unpaired) electrons. The molecular formula is C10H18N2OS. The molecular weight excluding hydrogens is 196 g/mol. The molecule has 0 aliphatic carbocycles. The van der Waals surface area contributed by atoms with Crippen LogP contribution in [-0.4, -0.2) is 11.0 Å². The van der Waals surface area contributed by atoms with Crippen LogP contribution in [0.3, 0.4) is 0 Å². The molecule has 0 heterocycles. The van der Waals surface area contributed by atoms with Gasteiger partial charge in [-0.3, -0.25) is 5.14 Å². The maximum atomic E-state index is 5.42. The van der Waals surface area contributed by atoms with Crippen LogP contribution in [0.1, 0.15) is 20.8 Å². The van der Waals surface area contributed by atoms with E-state index < -0.39 is 0 Å². The fraction of sp³-hybridized carbons (Fsp3) is 0.400. The first kappa shape index (κ1) is 13.3. The summed E-state index contributed by atoms with van der Waals surface area (Å²) in [7, 11) is 0.